The monoisotopic (exact) mass is 210 g/mol. The van der Waals surface area contributed by atoms with Crippen molar-refractivity contribution in [2.75, 3.05) is 0 Å². The second-order valence-electron chi connectivity index (χ2n) is 4.32. The summed E-state index contributed by atoms with van der Waals surface area (Å²) in [5.74, 6) is 1.32. The van der Waals surface area contributed by atoms with Crippen LogP contribution in [0, 0.1) is 5.92 Å². The molecule has 3 nitrogen and oxygen atoms in total. The van der Waals surface area contributed by atoms with Gasteiger partial charge in [-0.3, -0.25) is 4.79 Å². The number of furan rings is 1. The number of aliphatic hydroxyl groups is 1. The predicted molar refractivity (Wildman–Crippen MR) is 57.9 cm³/mol. The summed E-state index contributed by atoms with van der Waals surface area (Å²) in [5.41, 5.74) is 0.615. The van der Waals surface area contributed by atoms with Crippen molar-refractivity contribution >= 4 is 5.78 Å². The van der Waals surface area contributed by atoms with E-state index in [1.807, 2.05) is 27.7 Å². The Morgan fingerprint density at radius 3 is 2.40 bits per heavy atom. The molecule has 0 aliphatic rings. The van der Waals surface area contributed by atoms with Crippen molar-refractivity contribution in [1.29, 1.82) is 0 Å². The first-order valence-electron chi connectivity index (χ1n) is 5.25. The van der Waals surface area contributed by atoms with Crippen LogP contribution in [0.3, 0.4) is 0 Å². The third kappa shape index (κ3) is 2.48. The van der Waals surface area contributed by atoms with Crippen molar-refractivity contribution in [1.82, 2.24) is 0 Å². The Morgan fingerprint density at radius 1 is 1.40 bits per heavy atom. The molecule has 0 fully saturated rings. The van der Waals surface area contributed by atoms with Gasteiger partial charge < -0.3 is 9.52 Å². The summed E-state index contributed by atoms with van der Waals surface area (Å²) >= 11 is 0. The van der Waals surface area contributed by atoms with Gasteiger partial charge in [0.15, 0.2) is 5.78 Å². The SMILES string of the molecule is CC(C)C(=O)c1cc(CO)oc1C(C)C. The first kappa shape index (κ1) is 12.0. The van der Waals surface area contributed by atoms with E-state index in [0.717, 1.165) is 0 Å². The topological polar surface area (TPSA) is 50.4 Å². The number of carbonyl (C=O) groups is 1. The van der Waals surface area contributed by atoms with E-state index in [1.54, 1.807) is 6.07 Å². The third-order valence-electron chi connectivity index (χ3n) is 2.28. The second kappa shape index (κ2) is 4.62. The molecule has 0 saturated carbocycles. The van der Waals surface area contributed by atoms with Crippen LogP contribution in [0.15, 0.2) is 10.5 Å². The van der Waals surface area contributed by atoms with Crippen molar-refractivity contribution in [3.63, 3.8) is 0 Å². The average Bonchev–Trinajstić information content (AvgIpc) is 2.60. The molecule has 15 heavy (non-hydrogen) atoms. The van der Waals surface area contributed by atoms with Crippen LogP contribution in [-0.4, -0.2) is 10.9 Å². The quantitative estimate of drug-likeness (QED) is 0.777. The van der Waals surface area contributed by atoms with Crippen LogP contribution in [0.2, 0.25) is 0 Å². The van der Waals surface area contributed by atoms with Gasteiger partial charge in [-0.1, -0.05) is 27.7 Å². The Balaban J connectivity index is 3.14. The third-order valence-corrected chi connectivity index (χ3v) is 2.28. The van der Waals surface area contributed by atoms with E-state index < -0.39 is 0 Å². The molecule has 0 bridgehead atoms. The highest BCUT2D eigenvalue weighted by Gasteiger charge is 2.21. The molecule has 84 valence electrons. The van der Waals surface area contributed by atoms with Crippen LogP contribution in [0.1, 0.15) is 55.5 Å². The zero-order valence-corrected chi connectivity index (χ0v) is 9.70. The zero-order valence-electron chi connectivity index (χ0n) is 9.70. The van der Waals surface area contributed by atoms with Gasteiger partial charge in [-0.15, -0.1) is 0 Å². The number of hydrogen-bond acceptors (Lipinski definition) is 3. The molecule has 0 unspecified atom stereocenters. The lowest BCUT2D eigenvalue weighted by atomic mass is 9.97. The molecule has 1 rings (SSSR count). The van der Waals surface area contributed by atoms with Crippen LogP contribution in [0.25, 0.3) is 0 Å². The van der Waals surface area contributed by atoms with Gasteiger partial charge in [0, 0.05) is 11.8 Å². The van der Waals surface area contributed by atoms with Crippen molar-refractivity contribution in [2.45, 2.75) is 40.2 Å². The van der Waals surface area contributed by atoms with Crippen LogP contribution in [0.4, 0.5) is 0 Å². The summed E-state index contributed by atoms with van der Waals surface area (Å²) in [5, 5.41) is 8.97. The maximum absolute atomic E-state index is 11.9. The van der Waals surface area contributed by atoms with E-state index in [4.69, 9.17) is 9.52 Å². The normalized spacial score (nSPS) is 11.4. The summed E-state index contributed by atoms with van der Waals surface area (Å²) in [7, 11) is 0. The van der Waals surface area contributed by atoms with Gasteiger partial charge in [-0.2, -0.15) is 0 Å². The molecule has 0 spiro atoms. The molecule has 1 N–H and O–H groups in total. The van der Waals surface area contributed by atoms with Gasteiger partial charge in [0.1, 0.15) is 18.1 Å². The van der Waals surface area contributed by atoms with Gasteiger partial charge in [-0.25, -0.2) is 0 Å². The minimum Gasteiger partial charge on any atom is -0.463 e. The average molecular weight is 210 g/mol. The van der Waals surface area contributed by atoms with Crippen molar-refractivity contribution < 1.29 is 14.3 Å². The van der Waals surface area contributed by atoms with Gasteiger partial charge in [0.05, 0.1) is 5.56 Å². The lowest BCUT2D eigenvalue weighted by molar-refractivity contribution is 0.0937. The van der Waals surface area contributed by atoms with Gasteiger partial charge >= 0.3 is 0 Å². The fraction of sp³-hybridized carbons (Fsp3) is 0.583. The smallest absolute Gasteiger partial charge is 0.168 e. The van der Waals surface area contributed by atoms with Crippen molar-refractivity contribution in [2.24, 2.45) is 5.92 Å². The molecular formula is C12H18O3. The first-order chi connectivity index (χ1) is 6.97. The molecule has 1 aromatic heterocycles. The molecule has 3 heteroatoms. The summed E-state index contributed by atoms with van der Waals surface area (Å²) < 4.78 is 5.43. The van der Waals surface area contributed by atoms with Crippen LogP contribution >= 0.6 is 0 Å². The van der Waals surface area contributed by atoms with Crippen molar-refractivity contribution in [3.8, 4) is 0 Å². The van der Waals surface area contributed by atoms with E-state index in [-0.39, 0.29) is 24.2 Å². The lowest BCUT2D eigenvalue weighted by Crippen LogP contribution is -2.09. The molecule has 0 aromatic carbocycles. The number of aliphatic hydroxyl groups excluding tert-OH is 1. The second-order valence-corrected chi connectivity index (χ2v) is 4.32. The number of rotatable bonds is 4. The minimum atomic E-state index is -0.162. The fourth-order valence-corrected chi connectivity index (χ4v) is 1.47. The summed E-state index contributed by atoms with van der Waals surface area (Å²) in [6.45, 7) is 7.50. The highest BCUT2D eigenvalue weighted by atomic mass is 16.4. The molecule has 1 heterocycles. The van der Waals surface area contributed by atoms with Crippen LogP contribution in [-0.2, 0) is 6.61 Å². The maximum atomic E-state index is 11.9. The molecule has 0 atom stereocenters. The summed E-state index contributed by atoms with van der Waals surface area (Å²) in [6, 6.07) is 1.65. The number of carbonyl (C=O) groups excluding carboxylic acids is 1. The highest BCUT2D eigenvalue weighted by molar-refractivity contribution is 5.98. The Morgan fingerprint density at radius 2 is 2.00 bits per heavy atom. The van der Waals surface area contributed by atoms with E-state index in [9.17, 15) is 4.79 Å². The van der Waals surface area contributed by atoms with E-state index in [0.29, 0.717) is 17.1 Å². The van der Waals surface area contributed by atoms with Crippen LogP contribution in [0.5, 0.6) is 0 Å². The molecular weight excluding hydrogens is 192 g/mol. The molecule has 0 aliphatic carbocycles. The minimum absolute atomic E-state index is 0.0494. The first-order valence-corrected chi connectivity index (χ1v) is 5.25. The lowest BCUT2D eigenvalue weighted by Gasteiger charge is -2.06. The van der Waals surface area contributed by atoms with Crippen molar-refractivity contribution in [3.05, 3.63) is 23.2 Å². The van der Waals surface area contributed by atoms with E-state index >= 15 is 0 Å². The van der Waals surface area contributed by atoms with E-state index in [1.165, 1.54) is 0 Å². The highest BCUT2D eigenvalue weighted by Crippen LogP contribution is 2.25. The molecule has 1 aromatic rings. The largest absolute Gasteiger partial charge is 0.463 e. The molecule has 0 radical (unpaired) electrons. The number of Topliss-reactive ketones (excluding diaryl/α,β-unsaturated/α-hetero) is 1. The maximum Gasteiger partial charge on any atom is 0.168 e. The predicted octanol–water partition coefficient (Wildman–Crippen LogP) is 2.73. The van der Waals surface area contributed by atoms with Gasteiger partial charge in [-0.05, 0) is 6.07 Å². The van der Waals surface area contributed by atoms with Gasteiger partial charge in [0.25, 0.3) is 0 Å². The van der Waals surface area contributed by atoms with Gasteiger partial charge in [0.2, 0.25) is 0 Å². The Hall–Kier alpha value is -1.09. The summed E-state index contributed by atoms with van der Waals surface area (Å²) in [6.07, 6.45) is 0. The fourth-order valence-electron chi connectivity index (χ4n) is 1.47. The Kier molecular flexibility index (Phi) is 3.69. The van der Waals surface area contributed by atoms with E-state index in [2.05, 4.69) is 0 Å². The Labute approximate surface area is 90.1 Å². The standard InChI is InChI=1S/C12H18O3/c1-7(2)11(14)10-5-9(6-13)15-12(10)8(3)4/h5,7-8,13H,6H2,1-4H3. The molecule has 0 aliphatic heterocycles. The molecule has 0 saturated heterocycles. The molecule has 0 amide bonds. The van der Waals surface area contributed by atoms with Crippen LogP contribution < -0.4 is 0 Å². The Bertz CT molecular complexity index is 348. The zero-order chi connectivity index (χ0) is 11.6. The number of hydrogen-bond donors (Lipinski definition) is 1. The summed E-state index contributed by atoms with van der Waals surface area (Å²) in [4.78, 5) is 11.9. The number of ketones is 1.